The topological polar surface area (TPSA) is 29.2 Å². The van der Waals surface area contributed by atoms with Crippen molar-refractivity contribution >= 4 is 24.0 Å². The van der Waals surface area contributed by atoms with Crippen molar-refractivity contribution in [3.63, 3.8) is 0 Å². The molecule has 0 spiro atoms. The van der Waals surface area contributed by atoms with E-state index in [0.717, 1.165) is 56.5 Å². The molecular formula is C20H29N5S2. The number of benzene rings is 1. The average Bonchev–Trinajstić information content (AvgIpc) is 2.99. The molecule has 0 N–H and O–H groups in total. The van der Waals surface area contributed by atoms with E-state index in [2.05, 4.69) is 49.4 Å². The highest BCUT2D eigenvalue weighted by molar-refractivity contribution is 7.99. The Labute approximate surface area is 171 Å². The third-order valence-corrected chi connectivity index (χ3v) is 6.81. The zero-order chi connectivity index (χ0) is 18.5. The highest BCUT2D eigenvalue weighted by atomic mass is 32.2. The van der Waals surface area contributed by atoms with Crippen LogP contribution in [0.1, 0.15) is 30.7 Å². The maximum atomic E-state index is 5.86. The van der Waals surface area contributed by atoms with Gasteiger partial charge in [0.25, 0.3) is 0 Å². The highest BCUT2D eigenvalue weighted by Gasteiger charge is 2.19. The second kappa shape index (κ2) is 9.37. The fourth-order valence-corrected chi connectivity index (χ4v) is 5.12. The predicted molar refractivity (Wildman–Crippen MR) is 115 cm³/mol. The third kappa shape index (κ3) is 5.02. The van der Waals surface area contributed by atoms with E-state index in [1.54, 1.807) is 0 Å². The Morgan fingerprint density at radius 1 is 0.889 bits per heavy atom. The number of nitrogens with zero attached hydrogens (tertiary/aromatic N) is 5. The minimum atomic E-state index is 0.803. The minimum absolute atomic E-state index is 0.803. The van der Waals surface area contributed by atoms with Crippen molar-refractivity contribution in [3.8, 4) is 0 Å². The molecule has 1 aromatic heterocycles. The molecule has 0 atom stereocenters. The van der Waals surface area contributed by atoms with Crippen molar-refractivity contribution in [3.05, 3.63) is 46.5 Å². The van der Waals surface area contributed by atoms with Gasteiger partial charge in [-0.25, -0.2) is 4.68 Å². The highest BCUT2D eigenvalue weighted by Crippen LogP contribution is 2.16. The maximum Gasteiger partial charge on any atom is 0.199 e. The number of likely N-dealkylation sites (tertiary alicyclic amines) is 1. The van der Waals surface area contributed by atoms with Gasteiger partial charge in [-0.05, 0) is 43.7 Å². The van der Waals surface area contributed by atoms with Crippen LogP contribution in [-0.4, -0.2) is 61.8 Å². The van der Waals surface area contributed by atoms with Crippen LogP contribution in [0.5, 0.6) is 0 Å². The molecule has 1 aromatic carbocycles. The number of hydrogen-bond donors (Lipinski definition) is 0. The van der Waals surface area contributed by atoms with E-state index in [-0.39, 0.29) is 0 Å². The van der Waals surface area contributed by atoms with Crippen LogP contribution in [0.15, 0.2) is 30.3 Å². The van der Waals surface area contributed by atoms with E-state index < -0.39 is 0 Å². The summed E-state index contributed by atoms with van der Waals surface area (Å²) >= 11 is 7.91. The van der Waals surface area contributed by atoms with Crippen molar-refractivity contribution in [2.45, 2.75) is 39.0 Å². The molecule has 5 nitrogen and oxygen atoms in total. The summed E-state index contributed by atoms with van der Waals surface area (Å²) in [6.07, 6.45) is 3.93. The van der Waals surface area contributed by atoms with Crippen LogP contribution in [0, 0.1) is 4.77 Å². The van der Waals surface area contributed by atoms with E-state index in [1.807, 2.05) is 11.8 Å². The summed E-state index contributed by atoms with van der Waals surface area (Å²) in [6.45, 7) is 7.12. The van der Waals surface area contributed by atoms with Gasteiger partial charge in [-0.1, -0.05) is 36.8 Å². The van der Waals surface area contributed by atoms with Crippen molar-refractivity contribution in [1.29, 1.82) is 0 Å². The minimum Gasteiger partial charge on any atom is -0.298 e. The van der Waals surface area contributed by atoms with Gasteiger partial charge >= 0.3 is 0 Å². The first-order valence-electron chi connectivity index (χ1n) is 10.0. The Bertz CT molecular complexity index is 773. The van der Waals surface area contributed by atoms with Crippen molar-refractivity contribution in [1.82, 2.24) is 24.1 Å². The largest absolute Gasteiger partial charge is 0.298 e. The van der Waals surface area contributed by atoms with Crippen LogP contribution in [0.25, 0.3) is 0 Å². The van der Waals surface area contributed by atoms with E-state index in [1.165, 1.54) is 36.3 Å². The molecule has 0 saturated carbocycles. The summed E-state index contributed by atoms with van der Waals surface area (Å²) in [4.78, 5) is 5.00. The van der Waals surface area contributed by atoms with E-state index in [0.29, 0.717) is 0 Å². The third-order valence-electron chi connectivity index (χ3n) is 5.43. The van der Waals surface area contributed by atoms with Gasteiger partial charge in [-0.3, -0.25) is 14.4 Å². The number of rotatable bonds is 6. The molecule has 3 heterocycles. The van der Waals surface area contributed by atoms with Crippen molar-refractivity contribution in [2.75, 3.05) is 37.7 Å². The molecule has 2 saturated heterocycles. The Morgan fingerprint density at radius 3 is 2.37 bits per heavy atom. The zero-order valence-electron chi connectivity index (χ0n) is 15.9. The lowest BCUT2D eigenvalue weighted by atomic mass is 10.1. The van der Waals surface area contributed by atoms with Crippen LogP contribution >= 0.6 is 24.0 Å². The lowest BCUT2D eigenvalue weighted by molar-refractivity contribution is 0.171. The first kappa shape index (κ1) is 19.2. The molecule has 0 radical (unpaired) electrons. The molecule has 0 bridgehead atoms. The normalized spacial score (nSPS) is 19.4. The van der Waals surface area contributed by atoms with E-state index in [9.17, 15) is 0 Å². The Kier molecular flexibility index (Phi) is 6.65. The first-order valence-corrected chi connectivity index (χ1v) is 11.6. The number of thioether (sulfide) groups is 1. The molecule has 7 heteroatoms. The summed E-state index contributed by atoms with van der Waals surface area (Å²) in [7, 11) is 0. The molecular weight excluding hydrogens is 374 g/mol. The number of piperidine rings is 1. The first-order chi connectivity index (χ1) is 13.3. The van der Waals surface area contributed by atoms with Gasteiger partial charge in [0, 0.05) is 24.6 Å². The molecule has 0 aliphatic carbocycles. The molecule has 27 heavy (non-hydrogen) atoms. The lowest BCUT2D eigenvalue weighted by Crippen LogP contribution is -2.33. The van der Waals surface area contributed by atoms with Gasteiger partial charge in [-0.15, -0.1) is 0 Å². The average molecular weight is 404 g/mol. The number of hydrogen-bond acceptors (Lipinski definition) is 5. The SMILES string of the molecule is S=c1n(CN2CCCCC2)nc(CN2CCSCC2)n1Cc1ccccc1. The van der Waals surface area contributed by atoms with Gasteiger partial charge < -0.3 is 0 Å². The molecule has 0 amide bonds. The van der Waals surface area contributed by atoms with Crippen LogP contribution in [-0.2, 0) is 19.8 Å². The van der Waals surface area contributed by atoms with Gasteiger partial charge in [-0.2, -0.15) is 16.9 Å². The van der Waals surface area contributed by atoms with Gasteiger partial charge in [0.15, 0.2) is 4.77 Å². The second-order valence-corrected chi connectivity index (χ2v) is 9.07. The van der Waals surface area contributed by atoms with E-state index >= 15 is 0 Å². The fourth-order valence-electron chi connectivity index (χ4n) is 3.87. The molecule has 2 fully saturated rings. The molecule has 0 unspecified atom stereocenters. The molecule has 146 valence electrons. The fraction of sp³-hybridized carbons (Fsp3) is 0.600. The van der Waals surface area contributed by atoms with Crippen LogP contribution in [0.2, 0.25) is 0 Å². The van der Waals surface area contributed by atoms with Gasteiger partial charge in [0.05, 0.1) is 19.8 Å². The van der Waals surface area contributed by atoms with Crippen LogP contribution in [0.3, 0.4) is 0 Å². The lowest BCUT2D eigenvalue weighted by Gasteiger charge is -2.26. The molecule has 4 rings (SSSR count). The summed E-state index contributed by atoms with van der Waals surface area (Å²) in [5.74, 6) is 3.54. The molecule has 2 aliphatic heterocycles. The monoisotopic (exact) mass is 403 g/mol. The van der Waals surface area contributed by atoms with Gasteiger partial charge in [0.2, 0.25) is 0 Å². The Hall–Kier alpha value is -1.15. The quantitative estimate of drug-likeness (QED) is 0.689. The predicted octanol–water partition coefficient (Wildman–Crippen LogP) is 3.45. The van der Waals surface area contributed by atoms with Crippen molar-refractivity contribution < 1.29 is 0 Å². The Balaban J connectivity index is 1.57. The zero-order valence-corrected chi connectivity index (χ0v) is 17.6. The molecule has 2 aliphatic rings. The Morgan fingerprint density at radius 2 is 1.63 bits per heavy atom. The van der Waals surface area contributed by atoms with E-state index in [4.69, 9.17) is 17.3 Å². The molecule has 2 aromatic rings. The smallest absolute Gasteiger partial charge is 0.199 e. The van der Waals surface area contributed by atoms with Crippen LogP contribution < -0.4 is 0 Å². The van der Waals surface area contributed by atoms with Gasteiger partial charge in [0.1, 0.15) is 5.82 Å². The number of aromatic nitrogens is 3. The second-order valence-electron chi connectivity index (χ2n) is 7.48. The summed E-state index contributed by atoms with van der Waals surface area (Å²) in [6, 6.07) is 10.6. The van der Waals surface area contributed by atoms with Crippen molar-refractivity contribution in [2.24, 2.45) is 0 Å². The standard InChI is InChI=1S/C20H29N5S2/c26-20-24(15-18-7-3-1-4-8-18)19(16-22-11-13-27-14-12-22)21-25(20)17-23-9-5-2-6-10-23/h1,3-4,7-8H,2,5-6,9-17H2. The summed E-state index contributed by atoms with van der Waals surface area (Å²) in [5, 5.41) is 4.98. The maximum absolute atomic E-state index is 5.86. The van der Waals surface area contributed by atoms with Crippen LogP contribution in [0.4, 0.5) is 0 Å². The summed E-state index contributed by atoms with van der Waals surface area (Å²) in [5.41, 5.74) is 1.28. The summed E-state index contributed by atoms with van der Waals surface area (Å²) < 4.78 is 5.15.